The lowest BCUT2D eigenvalue weighted by Gasteiger charge is -2.11. The summed E-state index contributed by atoms with van der Waals surface area (Å²) in [5.74, 6) is 1.86. The number of terminal acetylenes is 1. The van der Waals surface area contributed by atoms with Gasteiger partial charge in [-0.1, -0.05) is 0 Å². The standard InChI is InChI=1S/C15H18N2O4/c1-3-4-5-6-9-16-15(20)17-13-10-11(21-2)7-8-12(13)14(18)19/h1,7-8,10H,4-6,9H2,2H3,(H,18,19)(H2,16,17,20). The molecule has 1 rings (SSSR count). The zero-order valence-corrected chi connectivity index (χ0v) is 11.8. The van der Waals surface area contributed by atoms with Gasteiger partial charge in [0.25, 0.3) is 0 Å². The van der Waals surface area contributed by atoms with E-state index in [1.165, 1.54) is 25.3 Å². The van der Waals surface area contributed by atoms with Crippen molar-refractivity contribution in [1.29, 1.82) is 0 Å². The zero-order chi connectivity index (χ0) is 15.7. The summed E-state index contributed by atoms with van der Waals surface area (Å²) in [6, 6.07) is 3.89. The van der Waals surface area contributed by atoms with Gasteiger partial charge in [0.15, 0.2) is 0 Å². The van der Waals surface area contributed by atoms with Crippen molar-refractivity contribution < 1.29 is 19.4 Å². The molecule has 0 fully saturated rings. The number of unbranched alkanes of at least 4 members (excludes halogenated alkanes) is 2. The number of carboxylic acid groups (broad SMARTS) is 1. The summed E-state index contributed by atoms with van der Waals surface area (Å²) < 4.78 is 5.01. The molecule has 0 radical (unpaired) electrons. The Bertz CT molecular complexity index is 549. The van der Waals surface area contributed by atoms with Gasteiger partial charge in [-0.05, 0) is 25.0 Å². The van der Waals surface area contributed by atoms with E-state index in [1.54, 1.807) is 0 Å². The summed E-state index contributed by atoms with van der Waals surface area (Å²) in [6.07, 6.45) is 7.39. The lowest BCUT2D eigenvalue weighted by atomic mass is 10.1. The number of carbonyl (C=O) groups is 2. The zero-order valence-electron chi connectivity index (χ0n) is 11.8. The smallest absolute Gasteiger partial charge is 0.337 e. The van der Waals surface area contributed by atoms with Crippen molar-refractivity contribution in [2.24, 2.45) is 0 Å². The average molecular weight is 290 g/mol. The van der Waals surface area contributed by atoms with Gasteiger partial charge in [0, 0.05) is 19.0 Å². The molecule has 0 unspecified atom stereocenters. The Morgan fingerprint density at radius 1 is 1.38 bits per heavy atom. The fourth-order valence-corrected chi connectivity index (χ4v) is 1.66. The van der Waals surface area contributed by atoms with Crippen molar-refractivity contribution >= 4 is 17.7 Å². The molecule has 2 amide bonds. The molecule has 1 aromatic rings. The maximum absolute atomic E-state index is 11.7. The van der Waals surface area contributed by atoms with E-state index in [4.69, 9.17) is 16.3 Å². The predicted octanol–water partition coefficient (Wildman–Crippen LogP) is 2.32. The topological polar surface area (TPSA) is 87.7 Å². The van der Waals surface area contributed by atoms with E-state index in [9.17, 15) is 9.59 Å². The van der Waals surface area contributed by atoms with E-state index >= 15 is 0 Å². The number of methoxy groups -OCH3 is 1. The SMILES string of the molecule is C#CCCCCNC(=O)Nc1cc(OC)ccc1C(=O)O. The Balaban J connectivity index is 2.62. The summed E-state index contributed by atoms with van der Waals surface area (Å²) >= 11 is 0. The minimum atomic E-state index is -1.12. The number of rotatable bonds is 7. The number of hydrogen-bond acceptors (Lipinski definition) is 3. The first-order valence-corrected chi connectivity index (χ1v) is 6.48. The maximum Gasteiger partial charge on any atom is 0.337 e. The number of amides is 2. The molecule has 6 heteroatoms. The minimum absolute atomic E-state index is 0.00159. The Morgan fingerprint density at radius 2 is 2.14 bits per heavy atom. The molecule has 0 saturated heterocycles. The fourth-order valence-electron chi connectivity index (χ4n) is 1.66. The second kappa shape index (κ2) is 8.48. The van der Waals surface area contributed by atoms with E-state index < -0.39 is 12.0 Å². The van der Waals surface area contributed by atoms with Crippen LogP contribution >= 0.6 is 0 Å². The normalized spacial score (nSPS) is 9.52. The van der Waals surface area contributed by atoms with E-state index in [-0.39, 0.29) is 11.3 Å². The molecule has 0 aliphatic rings. The summed E-state index contributed by atoms with van der Waals surface area (Å²) in [4.78, 5) is 22.8. The molecule has 0 aliphatic carbocycles. The number of ether oxygens (including phenoxy) is 1. The third-order valence-electron chi connectivity index (χ3n) is 2.74. The molecular formula is C15H18N2O4. The predicted molar refractivity (Wildman–Crippen MR) is 79.7 cm³/mol. The summed E-state index contributed by atoms with van der Waals surface area (Å²) in [7, 11) is 1.46. The van der Waals surface area contributed by atoms with Gasteiger partial charge in [0.2, 0.25) is 0 Å². The van der Waals surface area contributed by atoms with Gasteiger partial charge in [-0.3, -0.25) is 0 Å². The molecule has 0 aliphatic heterocycles. The third kappa shape index (κ3) is 5.45. The van der Waals surface area contributed by atoms with Crippen molar-refractivity contribution in [3.8, 4) is 18.1 Å². The van der Waals surface area contributed by atoms with Crippen molar-refractivity contribution in [2.75, 3.05) is 19.0 Å². The van der Waals surface area contributed by atoms with Crippen LogP contribution < -0.4 is 15.4 Å². The highest BCUT2D eigenvalue weighted by atomic mass is 16.5. The van der Waals surface area contributed by atoms with E-state index in [0.29, 0.717) is 18.7 Å². The third-order valence-corrected chi connectivity index (χ3v) is 2.74. The van der Waals surface area contributed by atoms with Crippen LogP contribution in [0.25, 0.3) is 0 Å². The summed E-state index contributed by atoms with van der Waals surface area (Å²) in [5.41, 5.74) is 0.182. The van der Waals surface area contributed by atoms with Crippen LogP contribution in [0.4, 0.5) is 10.5 Å². The molecule has 1 aromatic carbocycles. The number of carbonyl (C=O) groups excluding carboxylic acids is 1. The molecule has 0 heterocycles. The Hall–Kier alpha value is -2.68. The van der Waals surface area contributed by atoms with Gasteiger partial charge in [-0.2, -0.15) is 0 Å². The highest BCUT2D eigenvalue weighted by Crippen LogP contribution is 2.22. The van der Waals surface area contributed by atoms with Crippen LogP contribution in [-0.2, 0) is 0 Å². The first-order valence-electron chi connectivity index (χ1n) is 6.48. The number of hydrogen-bond donors (Lipinski definition) is 3. The monoisotopic (exact) mass is 290 g/mol. The molecule has 0 saturated carbocycles. The molecule has 3 N–H and O–H groups in total. The van der Waals surface area contributed by atoms with E-state index in [0.717, 1.165) is 12.8 Å². The van der Waals surface area contributed by atoms with Gasteiger partial charge in [0.1, 0.15) is 5.75 Å². The van der Waals surface area contributed by atoms with Gasteiger partial charge >= 0.3 is 12.0 Å². The molecule has 0 aromatic heterocycles. The van der Waals surface area contributed by atoms with Crippen LogP contribution in [-0.4, -0.2) is 30.8 Å². The second-order valence-corrected chi connectivity index (χ2v) is 4.26. The number of anilines is 1. The largest absolute Gasteiger partial charge is 0.497 e. The first-order chi connectivity index (χ1) is 10.1. The van der Waals surface area contributed by atoms with E-state index in [2.05, 4.69) is 16.6 Å². The maximum atomic E-state index is 11.7. The Kier molecular flexibility index (Phi) is 6.61. The molecule has 0 atom stereocenters. The quantitative estimate of drug-likeness (QED) is 0.531. The average Bonchev–Trinajstić information content (AvgIpc) is 2.46. The van der Waals surface area contributed by atoms with E-state index in [1.807, 2.05) is 0 Å². The van der Waals surface area contributed by atoms with Crippen molar-refractivity contribution in [2.45, 2.75) is 19.3 Å². The molecule has 6 nitrogen and oxygen atoms in total. The number of carboxylic acids is 1. The van der Waals surface area contributed by atoms with Crippen molar-refractivity contribution in [1.82, 2.24) is 5.32 Å². The highest BCUT2D eigenvalue weighted by molar-refractivity contribution is 6.00. The van der Waals surface area contributed by atoms with Gasteiger partial charge in [-0.25, -0.2) is 9.59 Å². The fraction of sp³-hybridized carbons (Fsp3) is 0.333. The van der Waals surface area contributed by atoms with Crippen molar-refractivity contribution in [3.63, 3.8) is 0 Å². The number of nitrogens with one attached hydrogen (secondary N) is 2. The molecule has 0 bridgehead atoms. The molecule has 0 spiro atoms. The minimum Gasteiger partial charge on any atom is -0.497 e. The summed E-state index contributed by atoms with van der Waals surface area (Å²) in [5, 5.41) is 14.2. The molecule has 21 heavy (non-hydrogen) atoms. The van der Waals surface area contributed by atoms with Crippen LogP contribution in [0.15, 0.2) is 18.2 Å². The second-order valence-electron chi connectivity index (χ2n) is 4.26. The summed E-state index contributed by atoms with van der Waals surface area (Å²) in [6.45, 7) is 0.472. The Labute approximate surface area is 123 Å². The number of urea groups is 1. The van der Waals surface area contributed by atoms with Crippen LogP contribution in [0.2, 0.25) is 0 Å². The van der Waals surface area contributed by atoms with Gasteiger partial charge in [-0.15, -0.1) is 12.3 Å². The van der Waals surface area contributed by atoms with Crippen LogP contribution in [0.1, 0.15) is 29.6 Å². The van der Waals surface area contributed by atoms with Gasteiger partial charge < -0.3 is 20.5 Å². The first kappa shape index (κ1) is 16.4. The van der Waals surface area contributed by atoms with Crippen LogP contribution in [0.5, 0.6) is 5.75 Å². The van der Waals surface area contributed by atoms with Gasteiger partial charge in [0.05, 0.1) is 18.4 Å². The highest BCUT2D eigenvalue weighted by Gasteiger charge is 2.13. The Morgan fingerprint density at radius 3 is 2.76 bits per heavy atom. The number of benzene rings is 1. The molecular weight excluding hydrogens is 272 g/mol. The lowest BCUT2D eigenvalue weighted by molar-refractivity contribution is 0.0698. The van der Waals surface area contributed by atoms with Crippen molar-refractivity contribution in [3.05, 3.63) is 23.8 Å². The lowest BCUT2D eigenvalue weighted by Crippen LogP contribution is -2.30. The van der Waals surface area contributed by atoms with Crippen LogP contribution in [0.3, 0.4) is 0 Å². The number of aromatic carboxylic acids is 1. The molecule has 112 valence electrons. The van der Waals surface area contributed by atoms with Crippen LogP contribution in [0, 0.1) is 12.3 Å².